The zero-order valence-electron chi connectivity index (χ0n) is 10.3. The average Bonchev–Trinajstić information content (AvgIpc) is 2.82. The summed E-state index contributed by atoms with van der Waals surface area (Å²) in [4.78, 5) is 12.9. The summed E-state index contributed by atoms with van der Waals surface area (Å²) in [5, 5.41) is 4.83. The number of thiophene rings is 1. The van der Waals surface area contributed by atoms with E-state index in [4.69, 9.17) is 5.73 Å². The minimum Gasteiger partial charge on any atom is -0.398 e. The standard InChI is InChI=1S/C14H16N2OS/c1-2-10-5-6-11(8-13(10)15)16-14(17)9-12-4-3-7-18-12/h3-8H,2,9,15H2,1H3,(H,16,17). The molecule has 1 aromatic heterocycles. The molecule has 0 atom stereocenters. The van der Waals surface area contributed by atoms with E-state index in [0.29, 0.717) is 6.42 Å². The smallest absolute Gasteiger partial charge is 0.229 e. The average molecular weight is 260 g/mol. The van der Waals surface area contributed by atoms with Gasteiger partial charge in [-0.3, -0.25) is 4.79 Å². The van der Waals surface area contributed by atoms with Gasteiger partial charge in [-0.1, -0.05) is 19.1 Å². The molecule has 4 heteroatoms. The molecule has 0 unspecified atom stereocenters. The highest BCUT2D eigenvalue weighted by atomic mass is 32.1. The van der Waals surface area contributed by atoms with E-state index in [1.54, 1.807) is 11.3 Å². The Kier molecular flexibility index (Phi) is 3.99. The number of anilines is 2. The third-order valence-electron chi connectivity index (χ3n) is 2.73. The van der Waals surface area contributed by atoms with Crippen molar-refractivity contribution in [2.75, 3.05) is 11.1 Å². The van der Waals surface area contributed by atoms with Crippen LogP contribution in [0.3, 0.4) is 0 Å². The molecule has 0 saturated carbocycles. The van der Waals surface area contributed by atoms with Gasteiger partial charge in [-0.05, 0) is 35.6 Å². The van der Waals surface area contributed by atoms with Crippen LogP contribution in [0.25, 0.3) is 0 Å². The van der Waals surface area contributed by atoms with Gasteiger partial charge in [0.1, 0.15) is 0 Å². The van der Waals surface area contributed by atoms with Crippen LogP contribution in [0.5, 0.6) is 0 Å². The van der Waals surface area contributed by atoms with Gasteiger partial charge < -0.3 is 11.1 Å². The molecule has 2 aromatic rings. The maximum Gasteiger partial charge on any atom is 0.229 e. The molecule has 0 spiro atoms. The first-order valence-corrected chi connectivity index (χ1v) is 6.77. The van der Waals surface area contributed by atoms with Crippen LogP contribution in [0.15, 0.2) is 35.7 Å². The SMILES string of the molecule is CCc1ccc(NC(=O)Cc2cccs2)cc1N. The first-order valence-electron chi connectivity index (χ1n) is 5.89. The molecule has 0 saturated heterocycles. The number of carbonyl (C=O) groups excluding carboxylic acids is 1. The number of nitrogens with one attached hydrogen (secondary N) is 1. The van der Waals surface area contributed by atoms with E-state index in [0.717, 1.165) is 28.2 Å². The monoisotopic (exact) mass is 260 g/mol. The van der Waals surface area contributed by atoms with Crippen molar-refractivity contribution in [3.05, 3.63) is 46.2 Å². The summed E-state index contributed by atoms with van der Waals surface area (Å²) < 4.78 is 0. The Labute approximate surface area is 111 Å². The van der Waals surface area contributed by atoms with Crippen LogP contribution < -0.4 is 11.1 Å². The van der Waals surface area contributed by atoms with Gasteiger partial charge in [-0.2, -0.15) is 0 Å². The number of carbonyl (C=O) groups is 1. The van der Waals surface area contributed by atoms with E-state index in [2.05, 4.69) is 12.2 Å². The summed E-state index contributed by atoms with van der Waals surface area (Å²) in [5.74, 6) is -0.0129. The first-order chi connectivity index (χ1) is 8.69. The topological polar surface area (TPSA) is 55.1 Å². The van der Waals surface area contributed by atoms with Crippen LogP contribution in [0.4, 0.5) is 11.4 Å². The number of nitrogens with two attached hydrogens (primary N) is 1. The Morgan fingerprint density at radius 2 is 2.22 bits per heavy atom. The number of nitrogen functional groups attached to an aromatic ring is 1. The fraction of sp³-hybridized carbons (Fsp3) is 0.214. The zero-order valence-corrected chi connectivity index (χ0v) is 11.1. The summed E-state index contributed by atoms with van der Waals surface area (Å²) >= 11 is 1.59. The van der Waals surface area contributed by atoms with Gasteiger partial charge in [-0.25, -0.2) is 0 Å². The fourth-order valence-electron chi connectivity index (χ4n) is 1.77. The lowest BCUT2D eigenvalue weighted by Crippen LogP contribution is -2.14. The van der Waals surface area contributed by atoms with E-state index in [9.17, 15) is 4.79 Å². The van der Waals surface area contributed by atoms with Crippen LogP contribution in [-0.2, 0) is 17.6 Å². The molecule has 1 amide bonds. The van der Waals surface area contributed by atoms with Crippen LogP contribution in [0.2, 0.25) is 0 Å². The highest BCUT2D eigenvalue weighted by Gasteiger charge is 2.06. The molecule has 0 aliphatic heterocycles. The number of benzene rings is 1. The maximum atomic E-state index is 11.8. The van der Waals surface area contributed by atoms with Crippen molar-refractivity contribution in [3.63, 3.8) is 0 Å². The second-order valence-corrected chi connectivity index (χ2v) is 5.10. The van der Waals surface area contributed by atoms with Crippen LogP contribution in [-0.4, -0.2) is 5.91 Å². The Morgan fingerprint density at radius 3 is 2.83 bits per heavy atom. The second kappa shape index (κ2) is 5.69. The van der Waals surface area contributed by atoms with Crippen LogP contribution in [0.1, 0.15) is 17.4 Å². The maximum absolute atomic E-state index is 11.8. The number of amides is 1. The minimum atomic E-state index is -0.0129. The Balaban J connectivity index is 2.01. The van der Waals surface area contributed by atoms with E-state index < -0.39 is 0 Å². The molecular weight excluding hydrogens is 244 g/mol. The third kappa shape index (κ3) is 3.11. The van der Waals surface area contributed by atoms with Gasteiger partial charge >= 0.3 is 0 Å². The van der Waals surface area contributed by atoms with Crippen molar-refractivity contribution in [2.24, 2.45) is 0 Å². The summed E-state index contributed by atoms with van der Waals surface area (Å²) in [5.41, 5.74) is 8.48. The van der Waals surface area contributed by atoms with Gasteiger partial charge in [0.25, 0.3) is 0 Å². The van der Waals surface area contributed by atoms with Crippen molar-refractivity contribution in [2.45, 2.75) is 19.8 Å². The largest absolute Gasteiger partial charge is 0.398 e. The van der Waals surface area contributed by atoms with Crippen molar-refractivity contribution in [1.82, 2.24) is 0 Å². The lowest BCUT2D eigenvalue weighted by atomic mass is 10.1. The molecule has 18 heavy (non-hydrogen) atoms. The number of aryl methyl sites for hydroxylation is 1. The normalized spacial score (nSPS) is 10.3. The Morgan fingerprint density at radius 1 is 1.39 bits per heavy atom. The number of hydrogen-bond donors (Lipinski definition) is 2. The molecule has 1 aromatic carbocycles. The van der Waals surface area contributed by atoms with Crippen LogP contribution >= 0.6 is 11.3 Å². The van der Waals surface area contributed by atoms with Crippen molar-refractivity contribution >= 4 is 28.6 Å². The second-order valence-electron chi connectivity index (χ2n) is 4.07. The molecule has 0 bridgehead atoms. The van der Waals surface area contributed by atoms with Crippen molar-refractivity contribution < 1.29 is 4.79 Å². The van der Waals surface area contributed by atoms with Crippen molar-refractivity contribution in [3.8, 4) is 0 Å². The van der Waals surface area contributed by atoms with Gasteiger partial charge in [-0.15, -0.1) is 11.3 Å². The van der Waals surface area contributed by atoms with Gasteiger partial charge in [0.15, 0.2) is 0 Å². The molecule has 3 N–H and O–H groups in total. The highest BCUT2D eigenvalue weighted by molar-refractivity contribution is 7.10. The summed E-state index contributed by atoms with van der Waals surface area (Å²) in [6, 6.07) is 9.56. The van der Waals surface area contributed by atoms with Crippen LogP contribution in [0, 0.1) is 0 Å². The van der Waals surface area contributed by atoms with E-state index in [-0.39, 0.29) is 5.91 Å². The summed E-state index contributed by atoms with van der Waals surface area (Å²) in [6.07, 6.45) is 1.31. The third-order valence-corrected chi connectivity index (χ3v) is 3.60. The Hall–Kier alpha value is -1.81. The molecular formula is C14H16N2OS. The quantitative estimate of drug-likeness (QED) is 0.830. The lowest BCUT2D eigenvalue weighted by molar-refractivity contribution is -0.115. The molecule has 3 nitrogen and oxygen atoms in total. The summed E-state index contributed by atoms with van der Waals surface area (Å²) in [7, 11) is 0. The van der Waals surface area contributed by atoms with Gasteiger partial charge in [0, 0.05) is 16.3 Å². The lowest BCUT2D eigenvalue weighted by Gasteiger charge is -2.08. The van der Waals surface area contributed by atoms with E-state index in [1.165, 1.54) is 0 Å². The van der Waals surface area contributed by atoms with Crippen molar-refractivity contribution in [1.29, 1.82) is 0 Å². The fourth-order valence-corrected chi connectivity index (χ4v) is 2.47. The Bertz CT molecular complexity index is 535. The zero-order chi connectivity index (χ0) is 13.0. The first kappa shape index (κ1) is 12.6. The predicted octanol–water partition coefficient (Wildman–Crippen LogP) is 3.07. The molecule has 2 rings (SSSR count). The molecule has 94 valence electrons. The summed E-state index contributed by atoms with van der Waals surface area (Å²) in [6.45, 7) is 2.06. The molecule has 0 aliphatic rings. The van der Waals surface area contributed by atoms with E-state index >= 15 is 0 Å². The molecule has 1 heterocycles. The van der Waals surface area contributed by atoms with Gasteiger partial charge in [0.2, 0.25) is 5.91 Å². The highest BCUT2D eigenvalue weighted by Crippen LogP contribution is 2.19. The molecule has 0 aliphatic carbocycles. The van der Waals surface area contributed by atoms with Gasteiger partial charge in [0.05, 0.1) is 6.42 Å². The minimum absolute atomic E-state index is 0.0129. The number of rotatable bonds is 4. The number of hydrogen-bond acceptors (Lipinski definition) is 3. The molecule has 0 fully saturated rings. The molecule has 0 radical (unpaired) electrons. The van der Waals surface area contributed by atoms with E-state index in [1.807, 2.05) is 35.7 Å². The predicted molar refractivity (Wildman–Crippen MR) is 76.9 cm³/mol.